The third-order valence-corrected chi connectivity index (χ3v) is 8.23. The Hall–Kier alpha value is -3.41. The molecule has 196 valence electrons. The maximum absolute atomic E-state index is 13.7. The number of hydrogen-bond donors (Lipinski definition) is 2. The van der Waals surface area contributed by atoms with Gasteiger partial charge in [0.1, 0.15) is 12.4 Å². The zero-order valence-electron chi connectivity index (χ0n) is 21.0. The highest BCUT2D eigenvalue weighted by molar-refractivity contribution is 7.58. The smallest absolute Gasteiger partial charge is 0.408 e. The normalized spacial score (nSPS) is 14.1. The highest BCUT2D eigenvalue weighted by Gasteiger charge is 2.38. The number of hydrogen-bond acceptors (Lipinski definition) is 5. The molecule has 3 aromatic rings. The molecule has 3 rings (SSSR count). The lowest BCUT2D eigenvalue weighted by Crippen LogP contribution is -2.38. The van der Waals surface area contributed by atoms with Crippen LogP contribution in [0.15, 0.2) is 91.0 Å². The molecule has 0 fully saturated rings. The number of ether oxygens (including phenoxy) is 2. The molecule has 3 aromatic carbocycles. The fourth-order valence-electron chi connectivity index (χ4n) is 4.01. The van der Waals surface area contributed by atoms with E-state index in [0.717, 1.165) is 16.7 Å². The number of esters is 1. The molecule has 1 amide bonds. The fourth-order valence-corrected chi connectivity index (χ4v) is 6.03. The first-order chi connectivity index (χ1) is 17.9. The monoisotopic (exact) mass is 523 g/mol. The maximum atomic E-state index is 13.7. The zero-order valence-corrected chi connectivity index (χ0v) is 21.9. The summed E-state index contributed by atoms with van der Waals surface area (Å²) in [6.45, 7) is 1.91. The molecule has 37 heavy (non-hydrogen) atoms. The molecule has 0 aliphatic carbocycles. The zero-order chi connectivity index (χ0) is 26.5. The van der Waals surface area contributed by atoms with E-state index < -0.39 is 31.1 Å². The van der Waals surface area contributed by atoms with E-state index in [9.17, 15) is 19.0 Å². The number of alkyl carbamates (subject to hydrolysis) is 1. The molecule has 0 bridgehead atoms. The van der Waals surface area contributed by atoms with E-state index in [2.05, 4.69) is 5.32 Å². The van der Waals surface area contributed by atoms with Crippen LogP contribution in [-0.2, 0) is 38.3 Å². The lowest BCUT2D eigenvalue weighted by Gasteiger charge is -2.27. The SMILES string of the molecule is CCOC(=O)C(CCc1ccccc1)CP(=O)(O)C(Cc1ccccc1)NC(=O)OCc1ccccc1. The first-order valence-corrected chi connectivity index (χ1v) is 14.3. The van der Waals surface area contributed by atoms with Gasteiger partial charge in [-0.25, -0.2) is 4.79 Å². The number of benzene rings is 3. The van der Waals surface area contributed by atoms with Crippen molar-refractivity contribution in [3.05, 3.63) is 108 Å². The van der Waals surface area contributed by atoms with Crippen LogP contribution in [0.3, 0.4) is 0 Å². The summed E-state index contributed by atoms with van der Waals surface area (Å²) in [5.41, 5.74) is 2.60. The number of carbonyl (C=O) groups is 2. The molecule has 0 spiro atoms. The summed E-state index contributed by atoms with van der Waals surface area (Å²) in [4.78, 5) is 36.6. The van der Waals surface area contributed by atoms with Crippen LogP contribution in [0.25, 0.3) is 0 Å². The largest absolute Gasteiger partial charge is 0.466 e. The second kappa shape index (κ2) is 14.4. The van der Waals surface area contributed by atoms with E-state index in [-0.39, 0.29) is 25.8 Å². The Labute approximate surface area is 218 Å². The highest BCUT2D eigenvalue weighted by atomic mass is 31.2. The number of aryl methyl sites for hydroxylation is 1. The molecule has 0 saturated heterocycles. The summed E-state index contributed by atoms with van der Waals surface area (Å²) in [6, 6.07) is 27.9. The van der Waals surface area contributed by atoms with E-state index in [1.165, 1.54) is 0 Å². The van der Waals surface area contributed by atoms with Crippen molar-refractivity contribution in [3.8, 4) is 0 Å². The Balaban J connectivity index is 1.75. The number of carbonyl (C=O) groups excluding carboxylic acids is 2. The van der Waals surface area contributed by atoms with E-state index in [1.54, 1.807) is 6.92 Å². The van der Waals surface area contributed by atoms with Crippen molar-refractivity contribution < 1.29 is 28.5 Å². The van der Waals surface area contributed by atoms with Crippen molar-refractivity contribution in [3.63, 3.8) is 0 Å². The van der Waals surface area contributed by atoms with Crippen molar-refractivity contribution in [1.82, 2.24) is 5.32 Å². The van der Waals surface area contributed by atoms with Gasteiger partial charge >= 0.3 is 12.1 Å². The van der Waals surface area contributed by atoms with E-state index in [1.807, 2.05) is 91.0 Å². The van der Waals surface area contributed by atoms with Crippen LogP contribution in [0.2, 0.25) is 0 Å². The predicted molar refractivity (Wildman–Crippen MR) is 143 cm³/mol. The Morgan fingerprint density at radius 2 is 1.38 bits per heavy atom. The molecule has 0 aliphatic heterocycles. The van der Waals surface area contributed by atoms with Crippen molar-refractivity contribution in [2.75, 3.05) is 12.8 Å². The minimum absolute atomic E-state index is 0.0307. The van der Waals surface area contributed by atoms with Gasteiger partial charge < -0.3 is 19.7 Å². The van der Waals surface area contributed by atoms with Gasteiger partial charge in [-0.2, -0.15) is 0 Å². The Kier molecular flexibility index (Phi) is 10.9. The van der Waals surface area contributed by atoms with Crippen molar-refractivity contribution in [1.29, 1.82) is 0 Å². The summed E-state index contributed by atoms with van der Waals surface area (Å²) in [7, 11) is -4.09. The molecular weight excluding hydrogens is 489 g/mol. The van der Waals surface area contributed by atoms with Gasteiger partial charge in [0.25, 0.3) is 0 Å². The Morgan fingerprint density at radius 3 is 1.95 bits per heavy atom. The van der Waals surface area contributed by atoms with Gasteiger partial charge in [0.2, 0.25) is 7.37 Å². The number of nitrogens with one attached hydrogen (secondary N) is 1. The Morgan fingerprint density at radius 1 is 0.838 bits per heavy atom. The highest BCUT2D eigenvalue weighted by Crippen LogP contribution is 2.49. The molecular formula is C29H34NO6P. The molecule has 0 saturated carbocycles. The minimum atomic E-state index is -4.09. The van der Waals surface area contributed by atoms with Gasteiger partial charge in [0.15, 0.2) is 0 Å². The van der Waals surface area contributed by atoms with E-state index in [4.69, 9.17) is 9.47 Å². The molecule has 3 unspecified atom stereocenters. The molecule has 0 heterocycles. The first kappa shape index (κ1) is 28.2. The quantitative estimate of drug-likeness (QED) is 0.225. The van der Waals surface area contributed by atoms with Crippen molar-refractivity contribution in [2.45, 2.75) is 38.6 Å². The number of rotatable bonds is 13. The first-order valence-electron chi connectivity index (χ1n) is 12.4. The van der Waals surface area contributed by atoms with Gasteiger partial charge in [-0.05, 0) is 36.5 Å². The molecule has 0 aromatic heterocycles. The molecule has 0 aliphatic rings. The predicted octanol–water partition coefficient (Wildman–Crippen LogP) is 5.56. The summed E-state index contributed by atoms with van der Waals surface area (Å²) in [6.07, 6.45) is -0.0845. The summed E-state index contributed by atoms with van der Waals surface area (Å²) >= 11 is 0. The van der Waals surface area contributed by atoms with Crippen molar-refractivity contribution in [2.24, 2.45) is 5.92 Å². The number of amides is 1. The average Bonchev–Trinajstić information content (AvgIpc) is 2.91. The lowest BCUT2D eigenvalue weighted by atomic mass is 10.0. The van der Waals surface area contributed by atoms with Gasteiger partial charge in [-0.15, -0.1) is 0 Å². The molecule has 7 nitrogen and oxygen atoms in total. The Bertz CT molecular complexity index is 1160. The molecule has 8 heteroatoms. The van der Waals surface area contributed by atoms with Gasteiger partial charge in [0, 0.05) is 12.6 Å². The second-order valence-electron chi connectivity index (χ2n) is 8.82. The van der Waals surface area contributed by atoms with Gasteiger partial charge in [-0.3, -0.25) is 9.36 Å². The molecule has 2 N–H and O–H groups in total. The maximum Gasteiger partial charge on any atom is 0.408 e. The topological polar surface area (TPSA) is 102 Å². The van der Waals surface area contributed by atoms with Crippen LogP contribution in [0.1, 0.15) is 30.0 Å². The van der Waals surface area contributed by atoms with Crippen LogP contribution in [-0.4, -0.2) is 35.5 Å². The summed E-state index contributed by atoms with van der Waals surface area (Å²) in [5.74, 6) is -2.44. The van der Waals surface area contributed by atoms with Gasteiger partial charge in [-0.1, -0.05) is 91.0 Å². The average molecular weight is 524 g/mol. The van der Waals surface area contributed by atoms with Crippen LogP contribution in [0, 0.1) is 5.92 Å². The van der Waals surface area contributed by atoms with E-state index >= 15 is 0 Å². The van der Waals surface area contributed by atoms with Crippen LogP contribution in [0.5, 0.6) is 0 Å². The molecule has 3 atom stereocenters. The minimum Gasteiger partial charge on any atom is -0.466 e. The molecule has 0 radical (unpaired) electrons. The van der Waals surface area contributed by atoms with Crippen LogP contribution >= 0.6 is 7.37 Å². The van der Waals surface area contributed by atoms with Crippen LogP contribution < -0.4 is 5.32 Å². The lowest BCUT2D eigenvalue weighted by molar-refractivity contribution is -0.147. The summed E-state index contributed by atoms with van der Waals surface area (Å²) in [5, 5.41) is 2.60. The fraction of sp³-hybridized carbons (Fsp3) is 0.310. The van der Waals surface area contributed by atoms with Crippen molar-refractivity contribution >= 4 is 19.4 Å². The second-order valence-corrected chi connectivity index (χ2v) is 11.3. The standard InChI is InChI=1S/C29H34NO6P/c1-2-35-28(31)26(19-18-23-12-6-3-7-13-23)22-37(33,34)27(20-24-14-8-4-9-15-24)30-29(32)36-21-25-16-10-5-11-17-25/h3-17,26-27H,2,18-22H2,1H3,(H,30,32)(H,33,34). The summed E-state index contributed by atoms with van der Waals surface area (Å²) < 4.78 is 24.3. The van der Waals surface area contributed by atoms with E-state index in [0.29, 0.717) is 12.8 Å². The third-order valence-electron chi connectivity index (χ3n) is 5.98. The van der Waals surface area contributed by atoms with Gasteiger partial charge in [0.05, 0.1) is 12.5 Å². The van der Waals surface area contributed by atoms with Crippen LogP contribution in [0.4, 0.5) is 4.79 Å². The third kappa shape index (κ3) is 9.52.